The van der Waals surface area contributed by atoms with Crippen LogP contribution in [0.3, 0.4) is 0 Å². The largest absolute Gasteiger partial charge is 0.399 e. The molecule has 0 spiro atoms. The third kappa shape index (κ3) is 3.51. The summed E-state index contributed by atoms with van der Waals surface area (Å²) < 4.78 is 13.1. The van der Waals surface area contributed by atoms with Crippen LogP contribution in [-0.2, 0) is 6.54 Å². The molecule has 84 valence electrons. The highest BCUT2D eigenvalue weighted by Gasteiger charge is 2.08. The van der Waals surface area contributed by atoms with Crippen molar-refractivity contribution < 1.29 is 4.39 Å². The van der Waals surface area contributed by atoms with Crippen molar-refractivity contribution in [2.24, 2.45) is 0 Å². The van der Waals surface area contributed by atoms with E-state index in [-0.39, 0.29) is 5.82 Å². The minimum absolute atomic E-state index is 0.262. The van der Waals surface area contributed by atoms with E-state index in [0.29, 0.717) is 11.7 Å². The van der Waals surface area contributed by atoms with E-state index in [4.69, 9.17) is 5.73 Å². The van der Waals surface area contributed by atoms with Crippen molar-refractivity contribution in [1.82, 2.24) is 4.90 Å². The molecule has 0 aromatic heterocycles. The monoisotopic (exact) mass is 210 g/mol. The highest BCUT2D eigenvalue weighted by Crippen LogP contribution is 2.14. The zero-order chi connectivity index (χ0) is 11.4. The predicted molar refractivity (Wildman–Crippen MR) is 62.0 cm³/mol. The predicted octanol–water partition coefficient (Wildman–Crippen LogP) is 2.64. The SMILES string of the molecule is CCC(C)N(C)Cc1cc(N)cc(F)c1. The summed E-state index contributed by atoms with van der Waals surface area (Å²) in [7, 11) is 2.04. The Morgan fingerprint density at radius 2 is 2.07 bits per heavy atom. The molecule has 3 heteroatoms. The molecule has 0 bridgehead atoms. The second-order valence-electron chi connectivity index (χ2n) is 4.07. The van der Waals surface area contributed by atoms with Crippen LogP contribution >= 0.6 is 0 Å². The fourth-order valence-corrected chi connectivity index (χ4v) is 1.52. The maximum absolute atomic E-state index is 13.1. The Balaban J connectivity index is 2.72. The lowest BCUT2D eigenvalue weighted by molar-refractivity contribution is 0.243. The Labute approximate surface area is 90.9 Å². The fourth-order valence-electron chi connectivity index (χ4n) is 1.52. The zero-order valence-corrected chi connectivity index (χ0v) is 9.63. The summed E-state index contributed by atoms with van der Waals surface area (Å²) in [6.07, 6.45) is 1.08. The maximum atomic E-state index is 13.1. The van der Waals surface area contributed by atoms with E-state index in [2.05, 4.69) is 18.7 Å². The molecular weight excluding hydrogens is 191 g/mol. The van der Waals surface area contributed by atoms with Gasteiger partial charge in [0, 0.05) is 18.3 Å². The second-order valence-corrected chi connectivity index (χ2v) is 4.07. The van der Waals surface area contributed by atoms with Crippen LogP contribution < -0.4 is 5.73 Å². The van der Waals surface area contributed by atoms with Gasteiger partial charge in [0.1, 0.15) is 5.82 Å². The molecule has 0 heterocycles. The smallest absolute Gasteiger partial charge is 0.125 e. The van der Waals surface area contributed by atoms with E-state index in [1.165, 1.54) is 12.1 Å². The molecule has 0 aliphatic rings. The number of hydrogen-bond acceptors (Lipinski definition) is 2. The van der Waals surface area contributed by atoms with E-state index >= 15 is 0 Å². The lowest BCUT2D eigenvalue weighted by Gasteiger charge is -2.23. The molecule has 0 aliphatic carbocycles. The number of nitrogens with two attached hydrogens (primary N) is 1. The summed E-state index contributed by atoms with van der Waals surface area (Å²) in [5.41, 5.74) is 7.00. The fraction of sp³-hybridized carbons (Fsp3) is 0.500. The average Bonchev–Trinajstić information content (AvgIpc) is 2.14. The number of nitrogens with zero attached hydrogens (tertiary/aromatic N) is 1. The Hall–Kier alpha value is -1.09. The topological polar surface area (TPSA) is 29.3 Å². The summed E-state index contributed by atoms with van der Waals surface area (Å²) in [4.78, 5) is 2.19. The molecule has 0 radical (unpaired) electrons. The second kappa shape index (κ2) is 5.12. The summed E-state index contributed by atoms with van der Waals surface area (Å²) >= 11 is 0. The van der Waals surface area contributed by atoms with Crippen LogP contribution in [0.2, 0.25) is 0 Å². The first kappa shape index (κ1) is 12.0. The molecule has 2 nitrogen and oxygen atoms in total. The summed E-state index contributed by atoms with van der Waals surface area (Å²) in [6.45, 7) is 5.03. The van der Waals surface area contributed by atoms with Gasteiger partial charge >= 0.3 is 0 Å². The Bertz CT molecular complexity index is 305. The van der Waals surface area contributed by atoms with Crippen molar-refractivity contribution in [3.05, 3.63) is 29.6 Å². The van der Waals surface area contributed by atoms with Gasteiger partial charge in [-0.05, 0) is 44.2 Å². The van der Waals surface area contributed by atoms with Crippen molar-refractivity contribution >= 4 is 5.69 Å². The molecule has 0 saturated heterocycles. The van der Waals surface area contributed by atoms with Crippen LogP contribution in [0.1, 0.15) is 25.8 Å². The van der Waals surface area contributed by atoms with Gasteiger partial charge in [0.15, 0.2) is 0 Å². The molecule has 0 saturated carbocycles. The van der Waals surface area contributed by atoms with Gasteiger partial charge in [-0.25, -0.2) is 4.39 Å². The molecule has 1 aromatic carbocycles. The standard InChI is InChI=1S/C12H19FN2/c1-4-9(2)15(3)8-10-5-11(13)7-12(14)6-10/h5-7,9H,4,8,14H2,1-3H3. The normalized spacial score (nSPS) is 13.1. The number of hydrogen-bond donors (Lipinski definition) is 1. The molecule has 0 aliphatic heterocycles. The highest BCUT2D eigenvalue weighted by molar-refractivity contribution is 5.41. The van der Waals surface area contributed by atoms with Crippen LogP contribution in [-0.4, -0.2) is 18.0 Å². The number of nitrogen functional groups attached to an aromatic ring is 1. The number of anilines is 1. The highest BCUT2D eigenvalue weighted by atomic mass is 19.1. The van der Waals surface area contributed by atoms with Crippen molar-refractivity contribution in [1.29, 1.82) is 0 Å². The van der Waals surface area contributed by atoms with Crippen LogP contribution in [0.4, 0.5) is 10.1 Å². The van der Waals surface area contributed by atoms with E-state index in [1.807, 2.05) is 13.1 Å². The van der Waals surface area contributed by atoms with Crippen molar-refractivity contribution in [3.8, 4) is 0 Å². The van der Waals surface area contributed by atoms with Gasteiger partial charge in [-0.2, -0.15) is 0 Å². The average molecular weight is 210 g/mol. The molecule has 0 amide bonds. The minimum atomic E-state index is -0.262. The molecular formula is C12H19FN2. The molecule has 1 atom stereocenters. The van der Waals surface area contributed by atoms with Gasteiger partial charge in [-0.3, -0.25) is 4.90 Å². The maximum Gasteiger partial charge on any atom is 0.125 e. The van der Waals surface area contributed by atoms with Gasteiger partial charge in [-0.15, -0.1) is 0 Å². The minimum Gasteiger partial charge on any atom is -0.399 e. The van der Waals surface area contributed by atoms with Gasteiger partial charge in [-0.1, -0.05) is 6.92 Å². The summed E-state index contributed by atoms with van der Waals surface area (Å²) in [5, 5.41) is 0. The van der Waals surface area contributed by atoms with Crippen molar-refractivity contribution in [3.63, 3.8) is 0 Å². The first-order chi connectivity index (χ1) is 7.02. The number of benzene rings is 1. The first-order valence-electron chi connectivity index (χ1n) is 5.28. The molecule has 1 unspecified atom stereocenters. The van der Waals surface area contributed by atoms with Crippen molar-refractivity contribution in [2.75, 3.05) is 12.8 Å². The Kier molecular flexibility index (Phi) is 4.09. The number of halogens is 1. The lowest BCUT2D eigenvalue weighted by atomic mass is 10.1. The molecule has 1 rings (SSSR count). The Morgan fingerprint density at radius 3 is 2.60 bits per heavy atom. The van der Waals surface area contributed by atoms with E-state index < -0.39 is 0 Å². The van der Waals surface area contributed by atoms with Gasteiger partial charge in [0.25, 0.3) is 0 Å². The van der Waals surface area contributed by atoms with Gasteiger partial charge < -0.3 is 5.73 Å². The quantitative estimate of drug-likeness (QED) is 0.774. The summed E-state index contributed by atoms with van der Waals surface area (Å²) in [6, 6.07) is 5.19. The first-order valence-corrected chi connectivity index (χ1v) is 5.28. The van der Waals surface area contributed by atoms with E-state index in [1.54, 1.807) is 0 Å². The van der Waals surface area contributed by atoms with Crippen LogP contribution in [0.25, 0.3) is 0 Å². The van der Waals surface area contributed by atoms with E-state index in [0.717, 1.165) is 18.5 Å². The molecule has 15 heavy (non-hydrogen) atoms. The Morgan fingerprint density at radius 1 is 1.40 bits per heavy atom. The van der Waals surface area contributed by atoms with Crippen LogP contribution in [0.5, 0.6) is 0 Å². The molecule has 1 aromatic rings. The van der Waals surface area contributed by atoms with E-state index in [9.17, 15) is 4.39 Å². The van der Waals surface area contributed by atoms with Crippen LogP contribution in [0, 0.1) is 5.82 Å². The van der Waals surface area contributed by atoms with Gasteiger partial charge in [0.2, 0.25) is 0 Å². The summed E-state index contributed by atoms with van der Waals surface area (Å²) in [5.74, 6) is -0.262. The van der Waals surface area contributed by atoms with Crippen LogP contribution in [0.15, 0.2) is 18.2 Å². The third-order valence-corrected chi connectivity index (χ3v) is 2.76. The number of rotatable bonds is 4. The molecule has 2 N–H and O–H groups in total. The van der Waals surface area contributed by atoms with Gasteiger partial charge in [0.05, 0.1) is 0 Å². The van der Waals surface area contributed by atoms with Crippen molar-refractivity contribution in [2.45, 2.75) is 32.9 Å². The molecule has 0 fully saturated rings. The third-order valence-electron chi connectivity index (χ3n) is 2.76. The zero-order valence-electron chi connectivity index (χ0n) is 9.63. The lowest BCUT2D eigenvalue weighted by Crippen LogP contribution is -2.27.